The van der Waals surface area contributed by atoms with Gasteiger partial charge in [0.25, 0.3) is 0 Å². The third-order valence-corrected chi connectivity index (χ3v) is 3.89. The molecule has 0 radical (unpaired) electrons. The van der Waals surface area contributed by atoms with Crippen molar-refractivity contribution in [1.29, 1.82) is 0 Å². The van der Waals surface area contributed by atoms with Crippen LogP contribution in [0.5, 0.6) is 0 Å². The first-order valence-electron chi connectivity index (χ1n) is 6.45. The number of rotatable bonds is 4. The first-order valence-corrected chi connectivity index (χ1v) is 6.45. The summed E-state index contributed by atoms with van der Waals surface area (Å²) in [6, 6.07) is -0.230. The Morgan fingerprint density at radius 3 is 2.89 bits per heavy atom. The van der Waals surface area contributed by atoms with Crippen LogP contribution in [-0.2, 0) is 14.3 Å². The first kappa shape index (κ1) is 14.1. The minimum absolute atomic E-state index is 0.230. The van der Waals surface area contributed by atoms with Crippen LogP contribution in [0.15, 0.2) is 0 Å². The largest absolute Gasteiger partial charge is 0.481 e. The molecule has 108 valence electrons. The van der Waals surface area contributed by atoms with Crippen molar-refractivity contribution in [3.63, 3.8) is 0 Å². The molecule has 7 nitrogen and oxygen atoms in total. The standard InChI is InChI=1S/C12H20N2O5/c1-18-12(3-5-19-8-12)7-13-11(17)14-4-2-9(6-14)10(15)16/h9H,2-8H2,1H3,(H,13,17)(H,15,16). The van der Waals surface area contributed by atoms with Crippen molar-refractivity contribution in [2.75, 3.05) is 40.0 Å². The number of carbonyl (C=O) groups is 2. The summed E-state index contributed by atoms with van der Waals surface area (Å²) in [7, 11) is 1.61. The van der Waals surface area contributed by atoms with E-state index in [2.05, 4.69) is 5.32 Å². The molecule has 2 atom stereocenters. The van der Waals surface area contributed by atoms with Crippen LogP contribution in [0.4, 0.5) is 4.79 Å². The van der Waals surface area contributed by atoms with Crippen molar-refractivity contribution in [3.05, 3.63) is 0 Å². The van der Waals surface area contributed by atoms with Gasteiger partial charge in [-0.15, -0.1) is 0 Å². The average Bonchev–Trinajstić information content (AvgIpc) is 3.06. The van der Waals surface area contributed by atoms with Crippen LogP contribution < -0.4 is 5.32 Å². The lowest BCUT2D eigenvalue weighted by Gasteiger charge is -2.27. The van der Waals surface area contributed by atoms with Crippen molar-refractivity contribution < 1.29 is 24.2 Å². The number of carbonyl (C=O) groups excluding carboxylic acids is 1. The van der Waals surface area contributed by atoms with Crippen molar-refractivity contribution in [2.45, 2.75) is 18.4 Å². The van der Waals surface area contributed by atoms with Gasteiger partial charge in [-0.25, -0.2) is 4.79 Å². The van der Waals surface area contributed by atoms with Gasteiger partial charge in [0.2, 0.25) is 0 Å². The van der Waals surface area contributed by atoms with E-state index >= 15 is 0 Å². The molecule has 2 amide bonds. The number of aliphatic carboxylic acids is 1. The van der Waals surface area contributed by atoms with Gasteiger partial charge < -0.3 is 24.8 Å². The number of carboxylic acids is 1. The van der Waals surface area contributed by atoms with Crippen molar-refractivity contribution >= 4 is 12.0 Å². The number of nitrogens with zero attached hydrogens (tertiary/aromatic N) is 1. The Labute approximate surface area is 111 Å². The molecule has 2 aliphatic heterocycles. The number of amides is 2. The Balaban J connectivity index is 1.80. The SMILES string of the molecule is COC1(CNC(=O)N2CCC(C(=O)O)C2)CCOC1. The van der Waals surface area contributed by atoms with Gasteiger partial charge in [-0.3, -0.25) is 4.79 Å². The Bertz CT molecular complexity index is 354. The number of likely N-dealkylation sites (tertiary alicyclic amines) is 1. The molecule has 0 aromatic rings. The van der Waals surface area contributed by atoms with Crippen LogP contribution in [-0.4, -0.2) is 67.6 Å². The number of nitrogens with one attached hydrogen (secondary N) is 1. The molecule has 0 spiro atoms. The van der Waals surface area contributed by atoms with Crippen molar-refractivity contribution in [1.82, 2.24) is 10.2 Å². The zero-order valence-corrected chi connectivity index (χ0v) is 11.1. The number of ether oxygens (including phenoxy) is 2. The van der Waals surface area contributed by atoms with E-state index in [0.29, 0.717) is 32.7 Å². The maximum atomic E-state index is 12.0. The third kappa shape index (κ3) is 3.16. The molecular weight excluding hydrogens is 252 g/mol. The smallest absolute Gasteiger partial charge is 0.317 e. The highest BCUT2D eigenvalue weighted by Gasteiger charge is 2.37. The van der Waals surface area contributed by atoms with Crippen LogP contribution in [0.2, 0.25) is 0 Å². The molecular formula is C12H20N2O5. The summed E-state index contributed by atoms with van der Waals surface area (Å²) in [6.45, 7) is 2.25. The second kappa shape index (κ2) is 5.75. The summed E-state index contributed by atoms with van der Waals surface area (Å²) >= 11 is 0. The molecule has 19 heavy (non-hydrogen) atoms. The predicted molar refractivity (Wildman–Crippen MR) is 65.9 cm³/mol. The van der Waals surface area contributed by atoms with E-state index in [0.717, 1.165) is 6.42 Å². The fourth-order valence-corrected chi connectivity index (χ4v) is 2.46. The van der Waals surface area contributed by atoms with E-state index in [4.69, 9.17) is 14.6 Å². The second-order valence-corrected chi connectivity index (χ2v) is 5.12. The summed E-state index contributed by atoms with van der Waals surface area (Å²) in [5.74, 6) is -1.29. The van der Waals surface area contributed by atoms with Crippen LogP contribution >= 0.6 is 0 Å². The summed E-state index contributed by atoms with van der Waals surface area (Å²) in [6.07, 6.45) is 1.27. The molecule has 2 unspecified atom stereocenters. The maximum absolute atomic E-state index is 12.0. The maximum Gasteiger partial charge on any atom is 0.317 e. The quantitative estimate of drug-likeness (QED) is 0.746. The molecule has 2 heterocycles. The number of urea groups is 1. The lowest BCUT2D eigenvalue weighted by molar-refractivity contribution is -0.141. The first-order chi connectivity index (χ1) is 9.06. The van der Waals surface area contributed by atoms with Gasteiger partial charge in [0.1, 0.15) is 5.60 Å². The lowest BCUT2D eigenvalue weighted by Crippen LogP contribution is -2.48. The van der Waals surface area contributed by atoms with E-state index in [1.165, 1.54) is 4.90 Å². The summed E-state index contributed by atoms with van der Waals surface area (Å²) in [4.78, 5) is 24.3. The molecule has 0 bridgehead atoms. The number of carboxylic acid groups (broad SMARTS) is 1. The van der Waals surface area contributed by atoms with E-state index in [-0.39, 0.29) is 12.6 Å². The van der Waals surface area contributed by atoms with Crippen LogP contribution in [0.3, 0.4) is 0 Å². The van der Waals surface area contributed by atoms with E-state index in [1.807, 2.05) is 0 Å². The molecule has 2 fully saturated rings. The zero-order valence-electron chi connectivity index (χ0n) is 11.1. The van der Waals surface area contributed by atoms with Gasteiger partial charge in [0, 0.05) is 33.2 Å². The third-order valence-electron chi connectivity index (χ3n) is 3.89. The molecule has 2 saturated heterocycles. The molecule has 0 aromatic heterocycles. The number of methoxy groups -OCH3 is 1. The van der Waals surface area contributed by atoms with Crippen molar-refractivity contribution in [2.24, 2.45) is 5.92 Å². The normalized spacial score (nSPS) is 30.6. The van der Waals surface area contributed by atoms with Crippen LogP contribution in [0.1, 0.15) is 12.8 Å². The summed E-state index contributed by atoms with van der Waals surface area (Å²) < 4.78 is 10.7. The van der Waals surface area contributed by atoms with E-state index in [1.54, 1.807) is 7.11 Å². The lowest BCUT2D eigenvalue weighted by atomic mass is 10.0. The Morgan fingerprint density at radius 1 is 1.58 bits per heavy atom. The topological polar surface area (TPSA) is 88.1 Å². The monoisotopic (exact) mass is 272 g/mol. The van der Waals surface area contributed by atoms with Crippen LogP contribution in [0, 0.1) is 5.92 Å². The van der Waals surface area contributed by atoms with Gasteiger partial charge in [0.05, 0.1) is 19.1 Å². The van der Waals surface area contributed by atoms with Gasteiger partial charge in [-0.1, -0.05) is 0 Å². The van der Waals surface area contributed by atoms with E-state index < -0.39 is 17.5 Å². The molecule has 0 aliphatic carbocycles. The van der Waals surface area contributed by atoms with Gasteiger partial charge in [0.15, 0.2) is 0 Å². The average molecular weight is 272 g/mol. The number of hydrogen-bond acceptors (Lipinski definition) is 4. The fraction of sp³-hybridized carbons (Fsp3) is 0.833. The van der Waals surface area contributed by atoms with Crippen molar-refractivity contribution in [3.8, 4) is 0 Å². The molecule has 2 aliphatic rings. The van der Waals surface area contributed by atoms with E-state index in [9.17, 15) is 9.59 Å². The summed E-state index contributed by atoms with van der Waals surface area (Å²) in [5, 5.41) is 11.7. The van der Waals surface area contributed by atoms with Gasteiger partial charge >= 0.3 is 12.0 Å². The minimum Gasteiger partial charge on any atom is -0.481 e. The fourth-order valence-electron chi connectivity index (χ4n) is 2.46. The Hall–Kier alpha value is -1.34. The van der Waals surface area contributed by atoms with Gasteiger partial charge in [-0.05, 0) is 6.42 Å². The Kier molecular flexibility index (Phi) is 4.26. The highest BCUT2D eigenvalue weighted by molar-refractivity contribution is 5.77. The molecule has 2 N–H and O–H groups in total. The zero-order chi connectivity index (χ0) is 13.9. The Morgan fingerprint density at radius 2 is 2.37 bits per heavy atom. The van der Waals surface area contributed by atoms with Crippen LogP contribution in [0.25, 0.3) is 0 Å². The highest BCUT2D eigenvalue weighted by Crippen LogP contribution is 2.22. The predicted octanol–water partition coefficient (Wildman–Crippen LogP) is -0.0920. The molecule has 0 saturated carbocycles. The second-order valence-electron chi connectivity index (χ2n) is 5.12. The molecule has 7 heteroatoms. The summed E-state index contributed by atoms with van der Waals surface area (Å²) in [5.41, 5.74) is -0.443. The molecule has 0 aromatic carbocycles. The van der Waals surface area contributed by atoms with Gasteiger partial charge in [-0.2, -0.15) is 0 Å². The highest BCUT2D eigenvalue weighted by atomic mass is 16.5. The number of hydrogen-bond donors (Lipinski definition) is 2. The minimum atomic E-state index is -0.840. The molecule has 2 rings (SSSR count).